The smallest absolute Gasteiger partial charge is 0.265 e. The number of nitrogens with one attached hydrogen (secondary N) is 2. The van der Waals surface area contributed by atoms with Crippen LogP contribution in [0.2, 0.25) is 10.0 Å². The van der Waals surface area contributed by atoms with Gasteiger partial charge in [-0.25, -0.2) is 5.01 Å². The summed E-state index contributed by atoms with van der Waals surface area (Å²) in [4.78, 5) is 13.7. The Morgan fingerprint density at radius 3 is 2.38 bits per heavy atom. The number of rotatable bonds is 4. The lowest BCUT2D eigenvalue weighted by Crippen LogP contribution is -3.13. The molecule has 1 saturated heterocycles. The molecule has 1 amide bonds. The Labute approximate surface area is 151 Å². The van der Waals surface area contributed by atoms with Gasteiger partial charge in [0.25, 0.3) is 5.91 Å². The number of quaternary nitrogens is 1. The molecule has 0 radical (unpaired) electrons. The minimum atomic E-state index is -0.0961. The van der Waals surface area contributed by atoms with Crippen LogP contribution in [0.5, 0.6) is 0 Å². The molecule has 0 atom stereocenters. The first kappa shape index (κ1) is 17.2. The topological polar surface area (TPSA) is 36.8 Å². The zero-order valence-corrected chi connectivity index (χ0v) is 14.8. The summed E-state index contributed by atoms with van der Waals surface area (Å²) in [5, 5.41) is 3.43. The van der Waals surface area contributed by atoms with Gasteiger partial charge < -0.3 is 4.90 Å². The first-order chi connectivity index (χ1) is 11.6. The van der Waals surface area contributed by atoms with Gasteiger partial charge in [0.15, 0.2) is 0 Å². The van der Waals surface area contributed by atoms with E-state index in [1.807, 2.05) is 23.2 Å². The van der Waals surface area contributed by atoms with Crippen LogP contribution in [-0.2, 0) is 6.54 Å². The van der Waals surface area contributed by atoms with Crippen LogP contribution in [0.1, 0.15) is 15.9 Å². The number of halogens is 2. The second-order valence-electron chi connectivity index (χ2n) is 5.95. The van der Waals surface area contributed by atoms with Gasteiger partial charge in [0, 0.05) is 21.2 Å². The van der Waals surface area contributed by atoms with Crippen LogP contribution in [0.4, 0.5) is 0 Å². The number of amides is 1. The Kier molecular flexibility index (Phi) is 5.74. The van der Waals surface area contributed by atoms with Gasteiger partial charge in [0.05, 0.1) is 26.2 Å². The van der Waals surface area contributed by atoms with Crippen molar-refractivity contribution in [1.82, 2.24) is 10.4 Å². The molecule has 0 aliphatic carbocycles. The van der Waals surface area contributed by atoms with Crippen molar-refractivity contribution in [3.63, 3.8) is 0 Å². The molecule has 1 aliphatic heterocycles. The molecule has 0 spiro atoms. The maximum Gasteiger partial charge on any atom is 0.265 e. The second-order valence-corrected chi connectivity index (χ2v) is 6.80. The second kappa shape index (κ2) is 7.99. The molecule has 0 aromatic heterocycles. The summed E-state index contributed by atoms with van der Waals surface area (Å²) in [5.74, 6) is -0.0961. The van der Waals surface area contributed by atoms with E-state index in [4.69, 9.17) is 23.2 Å². The number of piperazine rings is 1. The summed E-state index contributed by atoms with van der Waals surface area (Å²) in [5.41, 5.74) is 4.75. The highest BCUT2D eigenvalue weighted by Crippen LogP contribution is 2.13. The molecule has 1 heterocycles. The van der Waals surface area contributed by atoms with E-state index < -0.39 is 0 Å². The van der Waals surface area contributed by atoms with Gasteiger partial charge in [-0.1, -0.05) is 41.4 Å². The zero-order chi connectivity index (χ0) is 16.9. The Balaban J connectivity index is 1.49. The van der Waals surface area contributed by atoms with E-state index in [2.05, 4.69) is 11.5 Å². The van der Waals surface area contributed by atoms with E-state index in [1.54, 1.807) is 24.3 Å². The summed E-state index contributed by atoms with van der Waals surface area (Å²) in [6.45, 7) is 4.48. The predicted molar refractivity (Wildman–Crippen MR) is 96.3 cm³/mol. The Hall–Kier alpha value is -1.59. The van der Waals surface area contributed by atoms with Crippen molar-refractivity contribution in [2.24, 2.45) is 0 Å². The van der Waals surface area contributed by atoms with Gasteiger partial charge in [-0.15, -0.1) is 0 Å². The van der Waals surface area contributed by atoms with E-state index in [1.165, 1.54) is 10.5 Å². The SMILES string of the molecule is O=C(NN1CC[NH+](Cc2ccccc2Cl)CC1)c1ccc(Cl)cc1. The average molecular weight is 365 g/mol. The number of carbonyl (C=O) groups is 1. The van der Waals surface area contributed by atoms with Crippen LogP contribution in [0, 0.1) is 0 Å². The van der Waals surface area contributed by atoms with Crippen molar-refractivity contribution >= 4 is 29.1 Å². The molecule has 2 aromatic rings. The van der Waals surface area contributed by atoms with Crippen LogP contribution in [0.3, 0.4) is 0 Å². The fourth-order valence-corrected chi connectivity index (χ4v) is 3.16. The molecule has 0 saturated carbocycles. The zero-order valence-electron chi connectivity index (χ0n) is 13.3. The van der Waals surface area contributed by atoms with E-state index >= 15 is 0 Å². The van der Waals surface area contributed by atoms with E-state index in [-0.39, 0.29) is 5.91 Å². The first-order valence-corrected chi connectivity index (χ1v) is 8.76. The first-order valence-electron chi connectivity index (χ1n) is 8.00. The molecule has 2 aromatic carbocycles. The fraction of sp³-hybridized carbons (Fsp3) is 0.278. The third-order valence-corrected chi connectivity index (χ3v) is 4.86. The lowest BCUT2D eigenvalue weighted by atomic mass is 10.2. The summed E-state index contributed by atoms with van der Waals surface area (Å²) >= 11 is 12.1. The molecular weight excluding hydrogens is 345 g/mol. The Morgan fingerprint density at radius 2 is 1.71 bits per heavy atom. The molecule has 1 aliphatic rings. The number of nitrogens with zero attached hydrogens (tertiary/aromatic N) is 1. The van der Waals surface area contributed by atoms with Crippen molar-refractivity contribution in [2.45, 2.75) is 6.54 Å². The van der Waals surface area contributed by atoms with Crippen molar-refractivity contribution in [3.05, 3.63) is 69.7 Å². The molecule has 0 unspecified atom stereocenters. The highest BCUT2D eigenvalue weighted by Gasteiger charge is 2.22. The lowest BCUT2D eigenvalue weighted by Gasteiger charge is -2.32. The number of hydrazine groups is 1. The Bertz CT molecular complexity index is 698. The van der Waals surface area contributed by atoms with Gasteiger partial charge in [-0.2, -0.15) is 0 Å². The van der Waals surface area contributed by atoms with Crippen LogP contribution < -0.4 is 10.3 Å². The number of carbonyl (C=O) groups excluding carboxylic acids is 1. The third kappa shape index (κ3) is 4.48. The predicted octanol–water partition coefficient (Wildman–Crippen LogP) is 2.04. The van der Waals surface area contributed by atoms with Crippen molar-refractivity contribution in [1.29, 1.82) is 0 Å². The molecule has 6 heteroatoms. The minimum absolute atomic E-state index is 0.0961. The molecule has 2 N–H and O–H groups in total. The van der Waals surface area contributed by atoms with Crippen LogP contribution >= 0.6 is 23.2 Å². The van der Waals surface area contributed by atoms with Crippen molar-refractivity contribution in [3.8, 4) is 0 Å². The Morgan fingerprint density at radius 1 is 1.04 bits per heavy atom. The standard InChI is InChI=1S/C18H19Cl2N3O/c19-16-7-5-14(6-8-16)18(24)21-23-11-9-22(10-12-23)13-15-3-1-2-4-17(15)20/h1-8H,9-13H2,(H,21,24)/p+1. The average Bonchev–Trinajstić information content (AvgIpc) is 2.59. The van der Waals surface area contributed by atoms with Crippen molar-refractivity contribution in [2.75, 3.05) is 26.2 Å². The molecule has 24 heavy (non-hydrogen) atoms. The quantitative estimate of drug-likeness (QED) is 0.870. The van der Waals surface area contributed by atoms with Crippen LogP contribution in [0.25, 0.3) is 0 Å². The van der Waals surface area contributed by atoms with Crippen LogP contribution in [0.15, 0.2) is 48.5 Å². The molecule has 0 bridgehead atoms. The summed E-state index contributed by atoms with van der Waals surface area (Å²) in [6, 6.07) is 14.9. The monoisotopic (exact) mass is 364 g/mol. The molecule has 4 nitrogen and oxygen atoms in total. The molecular formula is C18H20Cl2N3O+. The normalized spacial score (nSPS) is 16.1. The van der Waals surface area contributed by atoms with E-state index in [0.29, 0.717) is 10.6 Å². The highest BCUT2D eigenvalue weighted by atomic mass is 35.5. The largest absolute Gasteiger partial charge is 0.329 e. The maximum absolute atomic E-state index is 12.2. The number of hydrogen-bond donors (Lipinski definition) is 2. The van der Waals surface area contributed by atoms with Gasteiger partial charge in [0.1, 0.15) is 6.54 Å². The van der Waals surface area contributed by atoms with E-state index in [0.717, 1.165) is 37.7 Å². The van der Waals surface area contributed by atoms with Gasteiger partial charge >= 0.3 is 0 Å². The van der Waals surface area contributed by atoms with Crippen molar-refractivity contribution < 1.29 is 9.69 Å². The van der Waals surface area contributed by atoms with Crippen LogP contribution in [-0.4, -0.2) is 37.1 Å². The highest BCUT2D eigenvalue weighted by molar-refractivity contribution is 6.31. The summed E-state index contributed by atoms with van der Waals surface area (Å²) in [6.07, 6.45) is 0. The minimum Gasteiger partial charge on any atom is -0.329 e. The maximum atomic E-state index is 12.2. The third-order valence-electron chi connectivity index (χ3n) is 4.23. The van der Waals surface area contributed by atoms with E-state index in [9.17, 15) is 4.79 Å². The summed E-state index contributed by atoms with van der Waals surface area (Å²) < 4.78 is 0. The van der Waals surface area contributed by atoms with Gasteiger partial charge in [0.2, 0.25) is 0 Å². The molecule has 3 rings (SSSR count). The molecule has 1 fully saturated rings. The number of benzene rings is 2. The van der Waals surface area contributed by atoms with Gasteiger partial charge in [-0.05, 0) is 30.3 Å². The number of hydrogen-bond acceptors (Lipinski definition) is 2. The lowest BCUT2D eigenvalue weighted by molar-refractivity contribution is -0.918. The molecule has 126 valence electrons. The van der Waals surface area contributed by atoms with Gasteiger partial charge in [-0.3, -0.25) is 10.2 Å². The summed E-state index contributed by atoms with van der Waals surface area (Å²) in [7, 11) is 0. The fourth-order valence-electron chi connectivity index (χ4n) is 2.83.